The Balaban J connectivity index is 1.83. The van der Waals surface area contributed by atoms with Crippen LogP contribution in [0.5, 0.6) is 0 Å². The fraction of sp³-hybridized carbons (Fsp3) is 0.176. The highest BCUT2D eigenvalue weighted by molar-refractivity contribution is 7.99. The summed E-state index contributed by atoms with van der Waals surface area (Å²) in [6, 6.07) is 16.7. The van der Waals surface area contributed by atoms with Gasteiger partial charge in [-0.3, -0.25) is 4.57 Å². The van der Waals surface area contributed by atoms with E-state index in [-0.39, 0.29) is 0 Å². The molecule has 2 heterocycles. The fourth-order valence-corrected chi connectivity index (χ4v) is 3.66. The molecule has 3 aromatic rings. The van der Waals surface area contributed by atoms with Gasteiger partial charge in [-0.15, -0.1) is 10.2 Å². The lowest BCUT2D eigenvalue weighted by Crippen LogP contribution is -2.03. The van der Waals surface area contributed by atoms with Crippen LogP contribution < -0.4 is 0 Å². The van der Waals surface area contributed by atoms with Crippen molar-refractivity contribution in [2.75, 3.05) is 0 Å². The smallest absolute Gasteiger partial charge is 0.163 e. The van der Waals surface area contributed by atoms with Crippen LogP contribution in [0.1, 0.15) is 17.2 Å². The number of rotatable bonds is 2. The van der Waals surface area contributed by atoms with Gasteiger partial charge in [-0.05, 0) is 31.2 Å². The van der Waals surface area contributed by atoms with Crippen molar-refractivity contribution in [2.45, 2.75) is 29.9 Å². The minimum Gasteiger partial charge on any atom is -0.369 e. The summed E-state index contributed by atoms with van der Waals surface area (Å²) >= 11 is 1.76. The van der Waals surface area contributed by atoms with Gasteiger partial charge in [0.25, 0.3) is 0 Å². The molecule has 110 valence electrons. The molecular weight excluding hydrogens is 294 g/mol. The summed E-state index contributed by atoms with van der Waals surface area (Å²) in [6.07, 6.45) is 0. The zero-order valence-corrected chi connectivity index (χ0v) is 13.0. The number of hydrogen-bond acceptors (Lipinski definition) is 4. The van der Waals surface area contributed by atoms with Crippen LogP contribution in [0.3, 0.4) is 0 Å². The normalized spacial score (nSPS) is 13.3. The van der Waals surface area contributed by atoms with Crippen molar-refractivity contribution in [3.05, 3.63) is 65.7 Å². The number of hydrogen-bond donors (Lipinski definition) is 0. The van der Waals surface area contributed by atoms with E-state index in [2.05, 4.69) is 57.2 Å². The third-order valence-corrected chi connectivity index (χ3v) is 4.80. The van der Waals surface area contributed by atoms with Crippen LogP contribution in [0, 0.1) is 6.92 Å². The van der Waals surface area contributed by atoms with Crippen LogP contribution in [0.4, 0.5) is 0 Å². The Morgan fingerprint density at radius 2 is 1.86 bits per heavy atom. The van der Waals surface area contributed by atoms with E-state index < -0.39 is 0 Å². The van der Waals surface area contributed by atoms with Gasteiger partial charge in [0.2, 0.25) is 0 Å². The molecule has 5 heteroatoms. The third kappa shape index (κ3) is 2.32. The standard InChI is InChI=1S/C17H15N3OS/c1-12-18-19-17-11-21-10-14-15(20(12)17)8-5-9-16(14)22-13-6-3-2-4-7-13/h2-9H,10-11H2,1H3. The average molecular weight is 309 g/mol. The Bertz CT molecular complexity index is 814. The van der Waals surface area contributed by atoms with E-state index in [1.807, 2.05) is 13.0 Å². The Hall–Kier alpha value is -2.11. The Labute approximate surface area is 133 Å². The number of aryl methyl sites for hydroxylation is 1. The molecule has 1 aromatic heterocycles. The van der Waals surface area contributed by atoms with Crippen LogP contribution in [0.25, 0.3) is 5.69 Å². The molecule has 0 spiro atoms. The van der Waals surface area contributed by atoms with Gasteiger partial charge in [-0.25, -0.2) is 0 Å². The van der Waals surface area contributed by atoms with E-state index in [0.29, 0.717) is 13.2 Å². The zero-order chi connectivity index (χ0) is 14.9. The van der Waals surface area contributed by atoms with Crippen molar-refractivity contribution in [2.24, 2.45) is 0 Å². The maximum Gasteiger partial charge on any atom is 0.163 e. The van der Waals surface area contributed by atoms with Gasteiger partial charge in [0.05, 0.1) is 12.3 Å². The third-order valence-electron chi connectivity index (χ3n) is 3.69. The van der Waals surface area contributed by atoms with Gasteiger partial charge in [-0.2, -0.15) is 0 Å². The number of ether oxygens (including phenoxy) is 1. The lowest BCUT2D eigenvalue weighted by molar-refractivity contribution is 0.104. The van der Waals surface area contributed by atoms with E-state index in [1.54, 1.807) is 11.8 Å². The van der Waals surface area contributed by atoms with Gasteiger partial charge in [0.1, 0.15) is 12.4 Å². The van der Waals surface area contributed by atoms with Crippen LogP contribution in [0.15, 0.2) is 58.3 Å². The second-order valence-electron chi connectivity index (χ2n) is 5.16. The van der Waals surface area contributed by atoms with Crippen LogP contribution >= 0.6 is 11.8 Å². The molecule has 0 N–H and O–H groups in total. The van der Waals surface area contributed by atoms with E-state index in [0.717, 1.165) is 17.3 Å². The number of nitrogens with zero attached hydrogens (tertiary/aromatic N) is 3. The Morgan fingerprint density at radius 1 is 1.00 bits per heavy atom. The topological polar surface area (TPSA) is 39.9 Å². The summed E-state index contributed by atoms with van der Waals surface area (Å²) in [5, 5.41) is 8.39. The lowest BCUT2D eigenvalue weighted by Gasteiger charge is -2.13. The molecule has 4 nitrogen and oxygen atoms in total. The molecule has 1 aliphatic heterocycles. The van der Waals surface area contributed by atoms with Crippen LogP contribution in [-0.4, -0.2) is 14.8 Å². The largest absolute Gasteiger partial charge is 0.369 e. The van der Waals surface area contributed by atoms with Crippen molar-refractivity contribution in [3.63, 3.8) is 0 Å². The predicted octanol–water partition coefficient (Wildman–Crippen LogP) is 3.76. The molecule has 4 rings (SSSR count). The summed E-state index contributed by atoms with van der Waals surface area (Å²) < 4.78 is 7.90. The van der Waals surface area contributed by atoms with Crippen molar-refractivity contribution in [1.82, 2.24) is 14.8 Å². The van der Waals surface area contributed by atoms with Crippen molar-refractivity contribution in [3.8, 4) is 5.69 Å². The van der Waals surface area contributed by atoms with Gasteiger partial charge in [0, 0.05) is 15.4 Å². The Kier molecular flexibility index (Phi) is 3.44. The highest BCUT2D eigenvalue weighted by Gasteiger charge is 2.20. The first-order valence-electron chi connectivity index (χ1n) is 7.17. The molecule has 0 aliphatic carbocycles. The minimum absolute atomic E-state index is 0.491. The second-order valence-corrected chi connectivity index (χ2v) is 6.28. The van der Waals surface area contributed by atoms with Crippen molar-refractivity contribution in [1.29, 1.82) is 0 Å². The van der Waals surface area contributed by atoms with Crippen LogP contribution in [0.2, 0.25) is 0 Å². The quantitative estimate of drug-likeness (QED) is 0.722. The first-order chi connectivity index (χ1) is 10.8. The van der Waals surface area contributed by atoms with E-state index in [1.165, 1.54) is 15.4 Å². The second kappa shape index (κ2) is 5.59. The van der Waals surface area contributed by atoms with Gasteiger partial charge >= 0.3 is 0 Å². The molecule has 22 heavy (non-hydrogen) atoms. The summed E-state index contributed by atoms with van der Waals surface area (Å²) in [5.41, 5.74) is 2.31. The maximum absolute atomic E-state index is 5.80. The molecule has 0 bridgehead atoms. The summed E-state index contributed by atoms with van der Waals surface area (Å²) in [4.78, 5) is 2.44. The predicted molar refractivity (Wildman–Crippen MR) is 85.2 cm³/mol. The molecule has 0 saturated carbocycles. The molecule has 0 radical (unpaired) electrons. The van der Waals surface area contributed by atoms with Gasteiger partial charge in [0.15, 0.2) is 5.82 Å². The summed E-state index contributed by atoms with van der Waals surface area (Å²) in [7, 11) is 0. The first kappa shape index (κ1) is 13.5. The molecule has 0 amide bonds. The summed E-state index contributed by atoms with van der Waals surface area (Å²) in [6.45, 7) is 3.06. The maximum atomic E-state index is 5.80. The minimum atomic E-state index is 0.491. The molecule has 1 aliphatic rings. The van der Waals surface area contributed by atoms with E-state index in [9.17, 15) is 0 Å². The number of benzene rings is 2. The molecular formula is C17H15N3OS. The number of aromatic nitrogens is 3. The van der Waals surface area contributed by atoms with Gasteiger partial charge in [-0.1, -0.05) is 36.0 Å². The first-order valence-corrected chi connectivity index (χ1v) is 7.98. The SMILES string of the molecule is Cc1nnc2n1-c1cccc(Sc3ccccc3)c1COC2. The highest BCUT2D eigenvalue weighted by Crippen LogP contribution is 2.35. The Morgan fingerprint density at radius 3 is 2.73 bits per heavy atom. The zero-order valence-electron chi connectivity index (χ0n) is 12.2. The van der Waals surface area contributed by atoms with Crippen molar-refractivity contribution < 1.29 is 4.74 Å². The van der Waals surface area contributed by atoms with Crippen molar-refractivity contribution >= 4 is 11.8 Å². The monoisotopic (exact) mass is 309 g/mol. The fourth-order valence-electron chi connectivity index (χ4n) is 2.68. The molecule has 0 atom stereocenters. The highest BCUT2D eigenvalue weighted by atomic mass is 32.2. The van der Waals surface area contributed by atoms with E-state index in [4.69, 9.17) is 4.74 Å². The average Bonchev–Trinajstić information content (AvgIpc) is 2.80. The molecule has 2 aromatic carbocycles. The lowest BCUT2D eigenvalue weighted by atomic mass is 10.2. The molecule has 0 unspecified atom stereocenters. The summed E-state index contributed by atoms with van der Waals surface area (Å²) in [5.74, 6) is 1.75. The van der Waals surface area contributed by atoms with Gasteiger partial charge < -0.3 is 4.74 Å². The molecule has 0 fully saturated rings. The van der Waals surface area contributed by atoms with Crippen LogP contribution in [-0.2, 0) is 18.0 Å². The molecule has 0 saturated heterocycles. The van der Waals surface area contributed by atoms with E-state index >= 15 is 0 Å². The number of fused-ring (bicyclic) bond motifs is 3.